The lowest BCUT2D eigenvalue weighted by molar-refractivity contribution is -0.138. The number of primary amides is 1. The second-order valence-corrected chi connectivity index (χ2v) is 3.02. The number of nitrogens with zero attached hydrogens (tertiary/aromatic N) is 1. The van der Waals surface area contributed by atoms with Crippen molar-refractivity contribution in [2.75, 3.05) is 0 Å². The molecule has 1 amide bonds. The molecule has 0 aromatic carbocycles. The first-order chi connectivity index (χ1) is 7.16. The molecule has 0 bridgehead atoms. The first-order valence-corrected chi connectivity index (χ1v) is 3.96. The maximum atomic E-state index is 12.4. The first-order valence-electron chi connectivity index (χ1n) is 3.96. The van der Waals surface area contributed by atoms with Crippen LogP contribution < -0.4 is 11.3 Å². The standard InChI is InChI=1S/C8H7F3N2O3/c1-13-4(14)2-3(8(9,10)11)5(6(12)15)7(13)16/h2,16H,1H3,(H2,12,15). The number of amides is 1. The third kappa shape index (κ3) is 1.86. The minimum atomic E-state index is -4.94. The molecule has 1 heterocycles. The van der Waals surface area contributed by atoms with E-state index in [0.717, 1.165) is 7.05 Å². The molecule has 1 aromatic heterocycles. The Hall–Kier alpha value is -1.99. The third-order valence-electron chi connectivity index (χ3n) is 1.96. The van der Waals surface area contributed by atoms with Crippen molar-refractivity contribution in [2.45, 2.75) is 6.18 Å². The second kappa shape index (κ2) is 3.54. The summed E-state index contributed by atoms with van der Waals surface area (Å²) in [4.78, 5) is 21.8. The van der Waals surface area contributed by atoms with Gasteiger partial charge in [0.1, 0.15) is 5.56 Å². The highest BCUT2D eigenvalue weighted by Gasteiger charge is 2.37. The van der Waals surface area contributed by atoms with E-state index in [9.17, 15) is 27.9 Å². The van der Waals surface area contributed by atoms with E-state index in [1.54, 1.807) is 0 Å². The number of carbonyl (C=O) groups is 1. The van der Waals surface area contributed by atoms with Crippen LogP contribution >= 0.6 is 0 Å². The van der Waals surface area contributed by atoms with Gasteiger partial charge < -0.3 is 10.8 Å². The number of hydrogen-bond donors (Lipinski definition) is 2. The summed E-state index contributed by atoms with van der Waals surface area (Å²) in [7, 11) is 1.02. The van der Waals surface area contributed by atoms with Gasteiger partial charge in [-0.15, -0.1) is 0 Å². The molecule has 0 aliphatic carbocycles. The number of aromatic nitrogens is 1. The molecule has 0 radical (unpaired) electrons. The summed E-state index contributed by atoms with van der Waals surface area (Å²) >= 11 is 0. The van der Waals surface area contributed by atoms with E-state index in [1.165, 1.54) is 0 Å². The van der Waals surface area contributed by atoms with Gasteiger partial charge in [-0.2, -0.15) is 13.2 Å². The lowest BCUT2D eigenvalue weighted by atomic mass is 10.1. The Morgan fingerprint density at radius 3 is 2.38 bits per heavy atom. The number of aromatic hydroxyl groups is 1. The number of carbonyl (C=O) groups excluding carboxylic acids is 1. The van der Waals surface area contributed by atoms with Gasteiger partial charge in [-0.05, 0) is 0 Å². The van der Waals surface area contributed by atoms with Crippen LogP contribution in [-0.4, -0.2) is 15.6 Å². The summed E-state index contributed by atoms with van der Waals surface area (Å²) in [5.74, 6) is -2.56. The number of alkyl halides is 3. The average molecular weight is 236 g/mol. The molecular formula is C8H7F3N2O3. The van der Waals surface area contributed by atoms with E-state index in [0.29, 0.717) is 4.57 Å². The van der Waals surface area contributed by atoms with Crippen LogP contribution in [0.2, 0.25) is 0 Å². The van der Waals surface area contributed by atoms with E-state index in [4.69, 9.17) is 5.73 Å². The van der Waals surface area contributed by atoms with Crippen LogP contribution in [0.15, 0.2) is 10.9 Å². The van der Waals surface area contributed by atoms with Crippen molar-refractivity contribution in [3.05, 3.63) is 27.5 Å². The Morgan fingerprint density at radius 2 is 2.00 bits per heavy atom. The Balaban J connectivity index is 3.74. The van der Waals surface area contributed by atoms with Crippen molar-refractivity contribution < 1.29 is 23.1 Å². The molecule has 88 valence electrons. The molecule has 0 fully saturated rings. The van der Waals surface area contributed by atoms with Crippen LogP contribution in [0, 0.1) is 0 Å². The fourth-order valence-electron chi connectivity index (χ4n) is 1.15. The molecule has 0 spiro atoms. The third-order valence-corrected chi connectivity index (χ3v) is 1.96. The molecule has 0 saturated carbocycles. The molecule has 0 unspecified atom stereocenters. The van der Waals surface area contributed by atoms with Crippen LogP contribution in [-0.2, 0) is 13.2 Å². The van der Waals surface area contributed by atoms with Crippen LogP contribution in [0.5, 0.6) is 5.88 Å². The minimum absolute atomic E-state index is 0.208. The zero-order valence-electron chi connectivity index (χ0n) is 8.00. The summed E-state index contributed by atoms with van der Waals surface area (Å²) in [5, 5.41) is 9.26. The summed E-state index contributed by atoms with van der Waals surface area (Å²) in [6.07, 6.45) is -4.94. The summed E-state index contributed by atoms with van der Waals surface area (Å²) in [6, 6.07) is 0.208. The molecule has 1 rings (SSSR count). The van der Waals surface area contributed by atoms with Gasteiger partial charge in [-0.1, -0.05) is 0 Å². The van der Waals surface area contributed by atoms with E-state index in [1.807, 2.05) is 0 Å². The van der Waals surface area contributed by atoms with Crippen molar-refractivity contribution in [3.8, 4) is 5.88 Å². The van der Waals surface area contributed by atoms with E-state index >= 15 is 0 Å². The van der Waals surface area contributed by atoms with E-state index in [-0.39, 0.29) is 6.07 Å². The van der Waals surface area contributed by atoms with E-state index < -0.39 is 34.6 Å². The zero-order valence-corrected chi connectivity index (χ0v) is 8.00. The lowest BCUT2D eigenvalue weighted by Crippen LogP contribution is -2.26. The highest BCUT2D eigenvalue weighted by Crippen LogP contribution is 2.33. The number of hydrogen-bond acceptors (Lipinski definition) is 3. The maximum absolute atomic E-state index is 12.4. The van der Waals surface area contributed by atoms with Gasteiger partial charge >= 0.3 is 6.18 Å². The highest BCUT2D eigenvalue weighted by molar-refractivity contribution is 5.96. The Bertz CT molecular complexity index is 504. The largest absolute Gasteiger partial charge is 0.494 e. The second-order valence-electron chi connectivity index (χ2n) is 3.02. The number of rotatable bonds is 1. The first kappa shape index (κ1) is 12.1. The number of pyridine rings is 1. The van der Waals surface area contributed by atoms with Crippen LogP contribution in [0.4, 0.5) is 13.2 Å². The normalized spacial score (nSPS) is 11.5. The molecule has 0 saturated heterocycles. The number of halogens is 3. The molecule has 0 aliphatic rings. The quantitative estimate of drug-likeness (QED) is 0.730. The monoisotopic (exact) mass is 236 g/mol. The van der Waals surface area contributed by atoms with Crippen molar-refractivity contribution in [2.24, 2.45) is 12.8 Å². The smallest absolute Gasteiger partial charge is 0.417 e. The topological polar surface area (TPSA) is 85.3 Å². The van der Waals surface area contributed by atoms with E-state index in [2.05, 4.69) is 0 Å². The average Bonchev–Trinajstić information content (AvgIpc) is 2.11. The fraction of sp³-hybridized carbons (Fsp3) is 0.250. The fourth-order valence-corrected chi connectivity index (χ4v) is 1.15. The van der Waals surface area contributed by atoms with Crippen LogP contribution in [0.1, 0.15) is 15.9 Å². The Kier molecular flexibility index (Phi) is 2.68. The van der Waals surface area contributed by atoms with Gasteiger partial charge in [0.25, 0.3) is 11.5 Å². The number of nitrogens with two attached hydrogens (primary N) is 1. The van der Waals surface area contributed by atoms with Gasteiger partial charge in [-0.3, -0.25) is 14.2 Å². The van der Waals surface area contributed by atoms with Gasteiger partial charge in [0, 0.05) is 13.1 Å². The summed E-state index contributed by atoms with van der Waals surface area (Å²) < 4.78 is 37.8. The molecule has 16 heavy (non-hydrogen) atoms. The Labute approximate surface area is 86.9 Å². The molecule has 3 N–H and O–H groups in total. The summed E-state index contributed by atoms with van der Waals surface area (Å²) in [5.41, 5.74) is 0.971. The highest BCUT2D eigenvalue weighted by atomic mass is 19.4. The van der Waals surface area contributed by atoms with Gasteiger partial charge in [0.05, 0.1) is 5.56 Å². The van der Waals surface area contributed by atoms with Crippen molar-refractivity contribution in [3.63, 3.8) is 0 Å². The molecule has 8 heteroatoms. The molecule has 0 aliphatic heterocycles. The zero-order chi connectivity index (χ0) is 12.7. The van der Waals surface area contributed by atoms with Gasteiger partial charge in [0.2, 0.25) is 5.88 Å². The molecular weight excluding hydrogens is 229 g/mol. The van der Waals surface area contributed by atoms with Gasteiger partial charge in [0.15, 0.2) is 0 Å². The van der Waals surface area contributed by atoms with Gasteiger partial charge in [-0.25, -0.2) is 0 Å². The van der Waals surface area contributed by atoms with Crippen molar-refractivity contribution in [1.82, 2.24) is 4.57 Å². The van der Waals surface area contributed by atoms with Crippen LogP contribution in [0.3, 0.4) is 0 Å². The molecule has 0 atom stereocenters. The van der Waals surface area contributed by atoms with Crippen LogP contribution in [0.25, 0.3) is 0 Å². The maximum Gasteiger partial charge on any atom is 0.417 e. The van der Waals surface area contributed by atoms with Crippen molar-refractivity contribution >= 4 is 5.91 Å². The molecule has 1 aromatic rings. The SMILES string of the molecule is Cn1c(O)c(C(N)=O)c(C(F)(F)F)cc1=O. The predicted molar refractivity (Wildman–Crippen MR) is 46.9 cm³/mol. The lowest BCUT2D eigenvalue weighted by Gasteiger charge is -2.13. The summed E-state index contributed by atoms with van der Waals surface area (Å²) in [6.45, 7) is 0. The Morgan fingerprint density at radius 1 is 1.50 bits per heavy atom. The molecule has 5 nitrogen and oxygen atoms in total. The minimum Gasteiger partial charge on any atom is -0.494 e. The van der Waals surface area contributed by atoms with Crippen molar-refractivity contribution in [1.29, 1.82) is 0 Å². The predicted octanol–water partition coefficient (Wildman–Crippen LogP) is 0.209.